The van der Waals surface area contributed by atoms with Crippen molar-refractivity contribution < 1.29 is 19.2 Å². The molecule has 1 rings (SSSR count). The fourth-order valence-corrected chi connectivity index (χ4v) is 0.770. The monoisotopic (exact) mass is 167 g/mol. The number of amides is 2. The number of carbonyl (C=O) groups excluding carboxylic acids is 4. The zero-order valence-corrected chi connectivity index (χ0v) is 6.21. The number of hydrogen-bond donors (Lipinski definition) is 1. The molecular weight excluding hydrogens is 162 g/mol. The SMILES string of the molecule is CC(=O)C(=O)C1=CC(=O)NC1=O. The molecule has 0 radical (unpaired) electrons. The lowest BCUT2D eigenvalue weighted by Crippen LogP contribution is -2.26. The zero-order chi connectivity index (χ0) is 9.30. The molecule has 0 aromatic rings. The molecule has 0 spiro atoms. The van der Waals surface area contributed by atoms with E-state index in [1.807, 2.05) is 5.32 Å². The molecule has 0 bridgehead atoms. The van der Waals surface area contributed by atoms with Crippen molar-refractivity contribution in [3.05, 3.63) is 11.6 Å². The van der Waals surface area contributed by atoms with Gasteiger partial charge in [0.2, 0.25) is 5.78 Å². The molecule has 5 heteroatoms. The Morgan fingerprint density at radius 1 is 1.33 bits per heavy atom. The van der Waals surface area contributed by atoms with Crippen LogP contribution in [0.1, 0.15) is 6.92 Å². The number of nitrogens with one attached hydrogen (secondary N) is 1. The second-order valence-corrected chi connectivity index (χ2v) is 2.26. The number of carbonyl (C=O) groups is 4. The highest BCUT2D eigenvalue weighted by Gasteiger charge is 2.28. The summed E-state index contributed by atoms with van der Waals surface area (Å²) in [5.74, 6) is -3.16. The fourth-order valence-electron chi connectivity index (χ4n) is 0.770. The van der Waals surface area contributed by atoms with Crippen molar-refractivity contribution in [1.29, 1.82) is 0 Å². The lowest BCUT2D eigenvalue weighted by molar-refractivity contribution is -0.134. The Kier molecular flexibility index (Phi) is 1.86. The van der Waals surface area contributed by atoms with Crippen molar-refractivity contribution >= 4 is 23.4 Å². The van der Waals surface area contributed by atoms with Crippen LogP contribution in [0.15, 0.2) is 11.6 Å². The van der Waals surface area contributed by atoms with E-state index in [9.17, 15) is 19.2 Å². The van der Waals surface area contributed by atoms with E-state index in [2.05, 4.69) is 0 Å². The summed E-state index contributed by atoms with van der Waals surface area (Å²) in [6.07, 6.45) is 0.825. The molecule has 0 aromatic heterocycles. The smallest absolute Gasteiger partial charge is 0.262 e. The summed E-state index contributed by atoms with van der Waals surface area (Å²) in [6, 6.07) is 0. The molecule has 1 heterocycles. The first-order chi connectivity index (χ1) is 5.52. The highest BCUT2D eigenvalue weighted by Crippen LogP contribution is 2.03. The van der Waals surface area contributed by atoms with E-state index in [1.54, 1.807) is 0 Å². The van der Waals surface area contributed by atoms with E-state index in [0.717, 1.165) is 13.0 Å². The average Bonchev–Trinajstić information content (AvgIpc) is 2.28. The predicted molar refractivity (Wildman–Crippen MR) is 36.9 cm³/mol. The van der Waals surface area contributed by atoms with Crippen LogP contribution < -0.4 is 5.32 Å². The number of Topliss-reactive ketones (excluding diaryl/α,β-unsaturated/α-hetero) is 2. The number of ketones is 2. The molecule has 2 amide bonds. The molecular formula is C7H5NO4. The summed E-state index contributed by atoms with van der Waals surface area (Å²) >= 11 is 0. The van der Waals surface area contributed by atoms with E-state index < -0.39 is 23.4 Å². The summed E-state index contributed by atoms with van der Waals surface area (Å²) < 4.78 is 0. The standard InChI is InChI=1S/C7H5NO4/c1-3(9)6(11)4-2-5(10)8-7(4)12/h2H,1H3,(H,8,10,12). The zero-order valence-electron chi connectivity index (χ0n) is 6.21. The van der Waals surface area contributed by atoms with E-state index in [1.165, 1.54) is 0 Å². The van der Waals surface area contributed by atoms with Crippen molar-refractivity contribution in [1.82, 2.24) is 5.32 Å². The minimum atomic E-state index is -0.932. The van der Waals surface area contributed by atoms with Crippen LogP contribution >= 0.6 is 0 Å². The Bertz CT molecular complexity index is 326. The van der Waals surface area contributed by atoms with Gasteiger partial charge in [-0.15, -0.1) is 0 Å². The molecule has 0 aliphatic carbocycles. The topological polar surface area (TPSA) is 80.3 Å². The number of rotatable bonds is 2. The largest absolute Gasteiger partial charge is 0.291 e. The van der Waals surface area contributed by atoms with E-state index in [4.69, 9.17) is 0 Å². The molecule has 0 saturated heterocycles. The Balaban J connectivity index is 2.97. The molecule has 62 valence electrons. The predicted octanol–water partition coefficient (Wildman–Crippen LogP) is -1.27. The lowest BCUT2D eigenvalue weighted by atomic mass is 10.1. The molecule has 12 heavy (non-hydrogen) atoms. The van der Waals surface area contributed by atoms with Gasteiger partial charge in [-0.05, 0) is 0 Å². The molecule has 1 aliphatic heterocycles. The Hall–Kier alpha value is -1.78. The summed E-state index contributed by atoms with van der Waals surface area (Å²) in [4.78, 5) is 42.6. The van der Waals surface area contributed by atoms with Crippen molar-refractivity contribution in [3.63, 3.8) is 0 Å². The number of hydrogen-bond acceptors (Lipinski definition) is 4. The highest BCUT2D eigenvalue weighted by atomic mass is 16.2. The van der Waals surface area contributed by atoms with Crippen LogP contribution in [0.2, 0.25) is 0 Å². The maximum absolute atomic E-state index is 10.9. The Labute approximate surface area is 67.4 Å². The van der Waals surface area contributed by atoms with Crippen molar-refractivity contribution in [3.8, 4) is 0 Å². The highest BCUT2D eigenvalue weighted by molar-refractivity contribution is 6.51. The first kappa shape index (κ1) is 8.32. The van der Waals surface area contributed by atoms with Crippen molar-refractivity contribution in [2.45, 2.75) is 6.92 Å². The molecule has 0 saturated carbocycles. The van der Waals surface area contributed by atoms with Crippen LogP contribution in [0.5, 0.6) is 0 Å². The van der Waals surface area contributed by atoms with Crippen LogP contribution in [0.4, 0.5) is 0 Å². The van der Waals surface area contributed by atoms with Gasteiger partial charge in [-0.25, -0.2) is 0 Å². The number of imide groups is 1. The Morgan fingerprint density at radius 2 is 1.92 bits per heavy atom. The Morgan fingerprint density at radius 3 is 2.25 bits per heavy atom. The average molecular weight is 167 g/mol. The third-order valence-corrected chi connectivity index (χ3v) is 1.32. The van der Waals surface area contributed by atoms with Crippen LogP contribution in [-0.2, 0) is 19.2 Å². The van der Waals surface area contributed by atoms with Gasteiger partial charge in [0, 0.05) is 13.0 Å². The van der Waals surface area contributed by atoms with Gasteiger partial charge in [0.1, 0.15) is 0 Å². The van der Waals surface area contributed by atoms with Gasteiger partial charge in [0.15, 0.2) is 5.78 Å². The van der Waals surface area contributed by atoms with E-state index in [0.29, 0.717) is 0 Å². The maximum atomic E-state index is 10.9. The third-order valence-electron chi connectivity index (χ3n) is 1.32. The first-order valence-corrected chi connectivity index (χ1v) is 3.14. The van der Waals surface area contributed by atoms with Gasteiger partial charge in [-0.2, -0.15) is 0 Å². The minimum absolute atomic E-state index is 0.382. The molecule has 5 nitrogen and oxygen atoms in total. The van der Waals surface area contributed by atoms with Crippen LogP contribution in [0, 0.1) is 0 Å². The second kappa shape index (κ2) is 2.69. The molecule has 0 aromatic carbocycles. The minimum Gasteiger partial charge on any atom is -0.291 e. The summed E-state index contributed by atoms with van der Waals surface area (Å²) in [5.41, 5.74) is -0.382. The maximum Gasteiger partial charge on any atom is 0.262 e. The third kappa shape index (κ3) is 1.29. The van der Waals surface area contributed by atoms with Gasteiger partial charge in [0.05, 0.1) is 5.57 Å². The fraction of sp³-hybridized carbons (Fsp3) is 0.143. The lowest BCUT2D eigenvalue weighted by Gasteiger charge is -1.92. The van der Waals surface area contributed by atoms with Gasteiger partial charge in [-0.1, -0.05) is 0 Å². The van der Waals surface area contributed by atoms with E-state index in [-0.39, 0.29) is 5.57 Å². The summed E-state index contributed by atoms with van der Waals surface area (Å²) in [6.45, 7) is 1.04. The summed E-state index contributed by atoms with van der Waals surface area (Å²) in [5, 5.41) is 1.86. The van der Waals surface area contributed by atoms with Gasteiger partial charge in [0.25, 0.3) is 11.8 Å². The van der Waals surface area contributed by atoms with Gasteiger partial charge >= 0.3 is 0 Å². The van der Waals surface area contributed by atoms with Crippen LogP contribution in [-0.4, -0.2) is 23.4 Å². The molecule has 0 fully saturated rings. The summed E-state index contributed by atoms with van der Waals surface area (Å²) in [7, 11) is 0. The normalized spacial score (nSPS) is 15.6. The second-order valence-electron chi connectivity index (χ2n) is 2.26. The first-order valence-electron chi connectivity index (χ1n) is 3.14. The quantitative estimate of drug-likeness (QED) is 0.316. The molecule has 0 unspecified atom stereocenters. The van der Waals surface area contributed by atoms with Gasteiger partial charge < -0.3 is 0 Å². The van der Waals surface area contributed by atoms with E-state index >= 15 is 0 Å². The van der Waals surface area contributed by atoms with Gasteiger partial charge in [-0.3, -0.25) is 24.5 Å². The van der Waals surface area contributed by atoms with Crippen molar-refractivity contribution in [2.24, 2.45) is 0 Å². The van der Waals surface area contributed by atoms with Crippen molar-refractivity contribution in [2.75, 3.05) is 0 Å². The molecule has 1 aliphatic rings. The van der Waals surface area contributed by atoms with Crippen LogP contribution in [0.25, 0.3) is 0 Å². The molecule has 0 atom stereocenters. The van der Waals surface area contributed by atoms with Crippen LogP contribution in [0.3, 0.4) is 0 Å². The molecule has 1 N–H and O–H groups in total.